The van der Waals surface area contributed by atoms with E-state index in [0.717, 1.165) is 59.7 Å². The predicted octanol–water partition coefficient (Wildman–Crippen LogP) is 16.0. The molecule has 6 rings (SSSR count). The molecular weight excluding hydrogens is 789 g/mol. The van der Waals surface area contributed by atoms with Gasteiger partial charge < -0.3 is 9.80 Å². The van der Waals surface area contributed by atoms with E-state index in [2.05, 4.69) is 74.9 Å². The highest BCUT2D eigenvalue weighted by molar-refractivity contribution is 7.22. The van der Waals surface area contributed by atoms with E-state index >= 15 is 9.59 Å². The first-order chi connectivity index (χ1) is 28.5. The normalized spacial score (nSPS) is 14.3. The third kappa shape index (κ3) is 10.9. The number of aryl methyl sites for hydroxylation is 2. The molecule has 2 aliphatic rings. The summed E-state index contributed by atoms with van der Waals surface area (Å²) in [6.45, 7) is 10.3. The minimum Gasteiger partial charge on any atom is -0.306 e. The Kier molecular flexibility index (Phi) is 18.0. The van der Waals surface area contributed by atoms with E-state index in [1.807, 2.05) is 32.5 Å². The second kappa shape index (κ2) is 23.3. The molecule has 4 aromatic rings. The third-order valence-corrected chi connectivity index (χ3v) is 16.3. The van der Waals surface area contributed by atoms with Crippen molar-refractivity contribution in [1.82, 2.24) is 9.80 Å². The van der Waals surface area contributed by atoms with Crippen LogP contribution in [0, 0.1) is 0 Å². The van der Waals surface area contributed by atoms with Crippen LogP contribution in [0.5, 0.6) is 0 Å². The second-order valence-electron chi connectivity index (χ2n) is 16.4. The van der Waals surface area contributed by atoms with Gasteiger partial charge in [-0.15, -0.1) is 45.3 Å². The molecule has 58 heavy (non-hydrogen) atoms. The van der Waals surface area contributed by atoms with Crippen LogP contribution in [-0.2, 0) is 22.4 Å². The van der Waals surface area contributed by atoms with E-state index in [-0.39, 0.29) is 11.8 Å². The summed E-state index contributed by atoms with van der Waals surface area (Å²) in [6.07, 6.45) is 26.1. The Morgan fingerprint density at radius 2 is 0.759 bits per heavy atom. The number of hydrogen-bond acceptors (Lipinski definition) is 6. The zero-order valence-corrected chi connectivity index (χ0v) is 39.2. The quantitative estimate of drug-likeness (QED) is 0.0534. The lowest BCUT2D eigenvalue weighted by atomic mass is 10.1. The maximum absolute atomic E-state index is 15.0. The van der Waals surface area contributed by atoms with E-state index in [1.54, 1.807) is 22.7 Å². The lowest BCUT2D eigenvalue weighted by molar-refractivity contribution is -0.124. The van der Waals surface area contributed by atoms with Gasteiger partial charge in [0.1, 0.15) is 0 Å². The molecule has 0 radical (unpaired) electrons. The van der Waals surface area contributed by atoms with Gasteiger partial charge in [0.2, 0.25) is 0 Å². The van der Waals surface area contributed by atoms with Crippen LogP contribution in [0.4, 0.5) is 0 Å². The number of carbonyl (C=O) groups excluding carboxylic acids is 2. The number of unbranched alkanes of at least 4 members (excludes halogenated alkanes) is 16. The Labute approximate surface area is 366 Å². The van der Waals surface area contributed by atoms with Crippen LogP contribution in [-0.4, -0.2) is 34.7 Å². The second-order valence-corrected chi connectivity index (χ2v) is 20.4. The van der Waals surface area contributed by atoms with Crippen molar-refractivity contribution in [2.45, 2.75) is 169 Å². The fourth-order valence-corrected chi connectivity index (χ4v) is 13.0. The molecule has 2 amide bonds. The van der Waals surface area contributed by atoms with Gasteiger partial charge in [0.05, 0.1) is 32.3 Å². The standard InChI is InChI=1S/C50H68N2O2S4/c1-5-9-13-17-19-23-33-51-45(39-27-29-41(57-39)47-37(31-35-55-47)25-21-15-11-7-3)43-44(49(51)53)46(52(50(43)54)34-24-20-18-14-10-6-2)40-28-30-42(58-40)48-38(32-36-56-48)26-22-16-12-8-4/h27-32,35-36H,5-26,33-34H2,1-4H3. The molecule has 314 valence electrons. The van der Waals surface area contributed by atoms with Gasteiger partial charge in [-0.2, -0.15) is 0 Å². The van der Waals surface area contributed by atoms with Crippen molar-refractivity contribution in [3.8, 4) is 19.5 Å². The largest absolute Gasteiger partial charge is 0.306 e. The topological polar surface area (TPSA) is 40.6 Å². The smallest absolute Gasteiger partial charge is 0.261 e. The number of carbonyl (C=O) groups is 2. The van der Waals surface area contributed by atoms with E-state index in [9.17, 15) is 0 Å². The molecule has 6 heterocycles. The van der Waals surface area contributed by atoms with Crippen LogP contribution in [0.3, 0.4) is 0 Å². The van der Waals surface area contributed by atoms with Crippen LogP contribution in [0.25, 0.3) is 30.9 Å². The van der Waals surface area contributed by atoms with E-state index in [4.69, 9.17) is 0 Å². The molecule has 2 aliphatic heterocycles. The minimum absolute atomic E-state index is 0.0118. The summed E-state index contributed by atoms with van der Waals surface area (Å²) in [5.41, 5.74) is 5.82. The molecular formula is C50H68N2O2S4. The molecule has 0 saturated heterocycles. The molecule has 0 unspecified atom stereocenters. The van der Waals surface area contributed by atoms with Crippen LogP contribution in [0.15, 0.2) is 58.3 Å². The van der Waals surface area contributed by atoms with Crippen molar-refractivity contribution in [3.63, 3.8) is 0 Å². The van der Waals surface area contributed by atoms with Gasteiger partial charge >= 0.3 is 0 Å². The Balaban J connectivity index is 1.38. The van der Waals surface area contributed by atoms with Crippen molar-refractivity contribution >= 4 is 68.6 Å². The summed E-state index contributed by atoms with van der Waals surface area (Å²) >= 11 is 7.17. The Bertz CT molecular complexity index is 1830. The van der Waals surface area contributed by atoms with Gasteiger partial charge in [-0.3, -0.25) is 9.59 Å². The molecule has 8 heteroatoms. The highest BCUT2D eigenvalue weighted by atomic mass is 32.1. The summed E-state index contributed by atoms with van der Waals surface area (Å²) in [4.78, 5) is 41.3. The lowest BCUT2D eigenvalue weighted by Gasteiger charge is -2.24. The molecule has 0 spiro atoms. The van der Waals surface area contributed by atoms with Crippen molar-refractivity contribution in [1.29, 1.82) is 0 Å². The number of rotatable bonds is 28. The zero-order valence-electron chi connectivity index (χ0n) is 35.9. The first-order valence-corrected chi connectivity index (χ1v) is 26.4. The molecule has 0 aliphatic carbocycles. The first-order valence-electron chi connectivity index (χ1n) is 23.0. The van der Waals surface area contributed by atoms with Gasteiger partial charge in [-0.05, 0) is 96.8 Å². The van der Waals surface area contributed by atoms with E-state index in [0.29, 0.717) is 24.2 Å². The first kappa shape index (κ1) is 44.8. The minimum atomic E-state index is 0.0118. The fourth-order valence-electron chi connectivity index (χ4n) is 8.59. The molecule has 0 atom stereocenters. The Hall–Kier alpha value is -2.78. The number of thiophene rings is 4. The Morgan fingerprint density at radius 3 is 1.16 bits per heavy atom. The third-order valence-electron chi connectivity index (χ3n) is 11.9. The highest BCUT2D eigenvalue weighted by Gasteiger charge is 2.49. The molecule has 0 bridgehead atoms. The van der Waals surface area contributed by atoms with E-state index < -0.39 is 0 Å². The monoisotopic (exact) mass is 856 g/mol. The molecule has 4 aromatic heterocycles. The van der Waals surface area contributed by atoms with Gasteiger partial charge in [0.15, 0.2) is 0 Å². The van der Waals surface area contributed by atoms with Gasteiger partial charge in [0.25, 0.3) is 11.8 Å². The number of amides is 2. The van der Waals surface area contributed by atoms with Gasteiger partial charge in [0, 0.05) is 32.6 Å². The Morgan fingerprint density at radius 1 is 0.414 bits per heavy atom. The van der Waals surface area contributed by atoms with Crippen molar-refractivity contribution in [2.24, 2.45) is 0 Å². The summed E-state index contributed by atoms with van der Waals surface area (Å²) < 4.78 is 0. The van der Waals surface area contributed by atoms with E-state index in [1.165, 1.54) is 133 Å². The number of nitrogens with zero attached hydrogens (tertiary/aromatic N) is 2. The molecule has 0 aromatic carbocycles. The van der Waals surface area contributed by atoms with Crippen LogP contribution in [0.2, 0.25) is 0 Å². The molecule has 0 saturated carbocycles. The molecule has 4 nitrogen and oxygen atoms in total. The lowest BCUT2D eigenvalue weighted by Crippen LogP contribution is -2.30. The van der Waals surface area contributed by atoms with Gasteiger partial charge in [-0.1, -0.05) is 130 Å². The van der Waals surface area contributed by atoms with Crippen molar-refractivity contribution < 1.29 is 9.59 Å². The van der Waals surface area contributed by atoms with Crippen molar-refractivity contribution in [2.75, 3.05) is 13.1 Å². The van der Waals surface area contributed by atoms with Crippen LogP contribution in [0.1, 0.15) is 177 Å². The fraction of sp³-hybridized carbons (Fsp3) is 0.560. The summed E-state index contributed by atoms with van der Waals surface area (Å²) in [5.74, 6) is 0.0236. The summed E-state index contributed by atoms with van der Waals surface area (Å²) in [5, 5.41) is 4.45. The number of hydrogen-bond donors (Lipinski definition) is 0. The molecule has 0 N–H and O–H groups in total. The SMILES string of the molecule is CCCCCCCCN1C(=O)C2=C(c3ccc(-c4sccc4CCCCCC)s3)N(CCCCCCCC)C(=O)C2=C1c1ccc(-c2sccc2CCCCCC)s1. The maximum Gasteiger partial charge on any atom is 0.261 e. The van der Waals surface area contributed by atoms with Gasteiger partial charge in [-0.25, -0.2) is 0 Å². The van der Waals surface area contributed by atoms with Crippen molar-refractivity contribution in [3.05, 3.63) is 79.2 Å². The number of fused-ring (bicyclic) bond motifs is 1. The van der Waals surface area contributed by atoms with Crippen LogP contribution >= 0.6 is 45.3 Å². The zero-order chi connectivity index (χ0) is 40.7. The maximum atomic E-state index is 15.0. The molecule has 0 fully saturated rings. The highest BCUT2D eigenvalue weighted by Crippen LogP contribution is 2.51. The predicted molar refractivity (Wildman–Crippen MR) is 255 cm³/mol. The summed E-state index contributed by atoms with van der Waals surface area (Å²) in [6, 6.07) is 13.5. The van der Waals surface area contributed by atoms with Crippen LogP contribution < -0.4 is 0 Å². The average molecular weight is 857 g/mol. The summed E-state index contributed by atoms with van der Waals surface area (Å²) in [7, 11) is 0. The average Bonchev–Trinajstić information content (AvgIpc) is 4.09.